The van der Waals surface area contributed by atoms with Gasteiger partial charge in [-0.25, -0.2) is 0 Å². The highest BCUT2D eigenvalue weighted by atomic mass is 79.9. The Balaban J connectivity index is 1.40. The third-order valence-electron chi connectivity index (χ3n) is 9.17. The van der Waals surface area contributed by atoms with Crippen molar-refractivity contribution in [2.75, 3.05) is 4.90 Å². The number of fused-ring (bicyclic) bond motifs is 4. The molecule has 1 N–H and O–H groups in total. The van der Waals surface area contributed by atoms with Crippen molar-refractivity contribution in [3.8, 4) is 5.75 Å². The average Bonchev–Trinajstić information content (AvgIpc) is 3.24. The van der Waals surface area contributed by atoms with Gasteiger partial charge in [0.1, 0.15) is 5.75 Å². The monoisotopic (exact) mass is 607 g/mol. The van der Waals surface area contributed by atoms with Crippen LogP contribution in [0.1, 0.15) is 36.8 Å². The summed E-state index contributed by atoms with van der Waals surface area (Å²) in [6, 6.07) is 18.5. The lowest BCUT2D eigenvalue weighted by molar-refractivity contribution is -0.123. The van der Waals surface area contributed by atoms with Crippen LogP contribution in [0.2, 0.25) is 0 Å². The van der Waals surface area contributed by atoms with E-state index in [1.165, 1.54) is 11.0 Å². The van der Waals surface area contributed by atoms with Crippen LogP contribution >= 0.6 is 15.9 Å². The summed E-state index contributed by atoms with van der Waals surface area (Å²) in [6.45, 7) is 2.05. The number of amides is 2. The zero-order valence-electron chi connectivity index (χ0n) is 22.3. The summed E-state index contributed by atoms with van der Waals surface area (Å²) < 4.78 is 0.174. The van der Waals surface area contributed by atoms with Crippen LogP contribution in [0.5, 0.6) is 5.75 Å². The molecule has 4 atom stereocenters. The highest BCUT2D eigenvalue weighted by Gasteiger charge is 2.57. The van der Waals surface area contributed by atoms with Crippen LogP contribution in [0, 0.1) is 17.8 Å². The van der Waals surface area contributed by atoms with E-state index < -0.39 is 23.7 Å². The number of aromatic hydroxyl groups is 1. The van der Waals surface area contributed by atoms with E-state index in [0.29, 0.717) is 28.8 Å². The SMILES string of the molecule is CCc1ccc(N2C(=O)[C@H]3[C@H](CC=C4[C@H](c5c(O)ccc6ccccc56)C5=C(C[C@H]43)C(=O)C(Br)=CC5=O)C2=O)cc1. The van der Waals surface area contributed by atoms with Crippen LogP contribution in [-0.2, 0) is 25.6 Å². The van der Waals surface area contributed by atoms with E-state index in [9.17, 15) is 24.3 Å². The predicted octanol–water partition coefficient (Wildman–Crippen LogP) is 6.07. The quantitative estimate of drug-likeness (QED) is 0.221. The molecule has 3 aromatic carbocycles. The van der Waals surface area contributed by atoms with E-state index in [1.807, 2.05) is 67.6 Å². The first-order chi connectivity index (χ1) is 19.8. The summed E-state index contributed by atoms with van der Waals surface area (Å²) in [4.78, 5) is 56.2. The minimum atomic E-state index is -0.718. The second-order valence-corrected chi connectivity index (χ2v) is 12.0. The Bertz CT molecular complexity index is 1800. The summed E-state index contributed by atoms with van der Waals surface area (Å²) in [5.41, 5.74) is 3.69. The Kier molecular flexibility index (Phi) is 5.98. The van der Waals surface area contributed by atoms with E-state index in [-0.39, 0.29) is 40.0 Å². The van der Waals surface area contributed by atoms with E-state index >= 15 is 0 Å². The third-order valence-corrected chi connectivity index (χ3v) is 9.76. The Hall–Kier alpha value is -4.10. The number of imide groups is 1. The van der Waals surface area contributed by atoms with Gasteiger partial charge in [0.2, 0.25) is 11.8 Å². The molecule has 0 bridgehead atoms. The Morgan fingerprint density at radius 3 is 2.44 bits per heavy atom. The van der Waals surface area contributed by atoms with Gasteiger partial charge in [0.05, 0.1) is 22.0 Å². The molecule has 204 valence electrons. The first-order valence-corrected chi connectivity index (χ1v) is 14.7. The van der Waals surface area contributed by atoms with Crippen LogP contribution in [-0.4, -0.2) is 28.5 Å². The van der Waals surface area contributed by atoms with E-state index in [2.05, 4.69) is 15.9 Å². The maximum Gasteiger partial charge on any atom is 0.238 e. The molecule has 2 amide bonds. The number of phenolic OH excluding ortho intramolecular Hbond substituents is 1. The smallest absolute Gasteiger partial charge is 0.238 e. The van der Waals surface area contributed by atoms with Gasteiger partial charge in [-0.1, -0.05) is 61.0 Å². The number of carbonyl (C=O) groups is 4. The van der Waals surface area contributed by atoms with Crippen molar-refractivity contribution in [1.82, 2.24) is 0 Å². The molecule has 0 saturated carbocycles. The summed E-state index contributed by atoms with van der Waals surface area (Å²) in [6.07, 6.45) is 4.64. The number of Topliss-reactive ketones (excluding diaryl/α,β-unsaturated/α-hetero) is 1. The van der Waals surface area contributed by atoms with Crippen molar-refractivity contribution < 1.29 is 24.3 Å². The minimum absolute atomic E-state index is 0.0181. The normalized spacial score (nSPS) is 25.7. The van der Waals surface area contributed by atoms with Crippen LogP contribution in [0.15, 0.2) is 94.0 Å². The molecular weight excluding hydrogens is 582 g/mol. The summed E-state index contributed by atoms with van der Waals surface area (Å²) in [5.74, 6) is -3.51. The molecule has 1 aliphatic heterocycles. The zero-order valence-corrected chi connectivity index (χ0v) is 23.9. The largest absolute Gasteiger partial charge is 0.508 e. The molecule has 6 nitrogen and oxygen atoms in total. The molecule has 4 aliphatic rings. The Labute approximate surface area is 245 Å². The molecule has 0 radical (unpaired) electrons. The number of halogens is 1. The molecule has 3 aliphatic carbocycles. The van der Waals surface area contributed by atoms with Crippen LogP contribution < -0.4 is 4.90 Å². The van der Waals surface area contributed by atoms with Gasteiger partial charge in [0.15, 0.2) is 11.6 Å². The van der Waals surface area contributed by atoms with E-state index in [4.69, 9.17) is 0 Å². The fourth-order valence-corrected chi connectivity index (χ4v) is 7.71. The fraction of sp³-hybridized carbons (Fsp3) is 0.235. The molecular formula is C34H26BrNO5. The van der Waals surface area contributed by atoms with Crippen molar-refractivity contribution in [2.45, 2.75) is 32.1 Å². The Morgan fingerprint density at radius 1 is 0.927 bits per heavy atom. The number of phenols is 1. The zero-order chi connectivity index (χ0) is 28.6. The lowest BCUT2D eigenvalue weighted by atomic mass is 9.59. The molecule has 3 aromatic rings. The number of allylic oxidation sites excluding steroid dienone is 6. The molecule has 41 heavy (non-hydrogen) atoms. The molecule has 1 heterocycles. The molecule has 1 saturated heterocycles. The molecule has 7 rings (SSSR count). The van der Waals surface area contributed by atoms with Crippen molar-refractivity contribution >= 4 is 55.8 Å². The summed E-state index contributed by atoms with van der Waals surface area (Å²) in [7, 11) is 0. The number of nitrogens with zero attached hydrogens (tertiary/aromatic N) is 1. The van der Waals surface area contributed by atoms with E-state index in [0.717, 1.165) is 28.3 Å². The first kappa shape index (κ1) is 25.8. The van der Waals surface area contributed by atoms with Gasteiger partial charge in [-0.2, -0.15) is 0 Å². The van der Waals surface area contributed by atoms with Gasteiger partial charge in [-0.05, 0) is 75.6 Å². The predicted molar refractivity (Wildman–Crippen MR) is 159 cm³/mol. The van der Waals surface area contributed by atoms with Gasteiger partial charge in [-0.15, -0.1) is 0 Å². The maximum atomic E-state index is 14.1. The lowest BCUT2D eigenvalue weighted by Crippen LogP contribution is -2.39. The van der Waals surface area contributed by atoms with Crippen LogP contribution in [0.25, 0.3) is 10.8 Å². The number of benzene rings is 3. The van der Waals surface area contributed by atoms with Crippen LogP contribution in [0.4, 0.5) is 5.69 Å². The van der Waals surface area contributed by atoms with Crippen molar-refractivity contribution in [2.24, 2.45) is 17.8 Å². The minimum Gasteiger partial charge on any atom is -0.508 e. The molecule has 7 heteroatoms. The molecule has 1 fully saturated rings. The number of hydrogen-bond acceptors (Lipinski definition) is 5. The molecule has 0 aromatic heterocycles. The van der Waals surface area contributed by atoms with Gasteiger partial charge in [0.25, 0.3) is 0 Å². The second kappa shape index (κ2) is 9.48. The van der Waals surface area contributed by atoms with Crippen molar-refractivity contribution in [1.29, 1.82) is 0 Å². The van der Waals surface area contributed by atoms with E-state index in [1.54, 1.807) is 6.07 Å². The highest BCUT2D eigenvalue weighted by molar-refractivity contribution is 9.12. The average molecular weight is 608 g/mol. The summed E-state index contributed by atoms with van der Waals surface area (Å²) in [5, 5.41) is 12.9. The summed E-state index contributed by atoms with van der Waals surface area (Å²) >= 11 is 3.27. The van der Waals surface area contributed by atoms with Crippen molar-refractivity contribution in [3.63, 3.8) is 0 Å². The number of rotatable bonds is 3. The third kappa shape index (κ3) is 3.75. The number of hydrogen-bond donors (Lipinski definition) is 1. The number of anilines is 1. The van der Waals surface area contributed by atoms with Gasteiger partial charge < -0.3 is 5.11 Å². The van der Waals surface area contributed by atoms with Crippen LogP contribution in [0.3, 0.4) is 0 Å². The highest BCUT2D eigenvalue weighted by Crippen LogP contribution is 2.57. The number of aryl methyl sites for hydroxylation is 1. The number of carbonyl (C=O) groups excluding carboxylic acids is 4. The molecule has 0 spiro atoms. The topological polar surface area (TPSA) is 91.8 Å². The standard InChI is InChI=1S/C34H26BrNO5/c1-2-17-7-10-19(11-8-17)36-33(40)22-13-12-21-23(28(22)34(36)41)15-24-30(27(38)16-25(35)32(24)39)31(21)29-20-6-4-3-5-18(20)9-14-26(29)37/h3-12,14,16,22-23,28,31,37H,2,13,15H2,1H3/t22-,23+,28-,31+/m0/s1. The number of ketones is 2. The second-order valence-electron chi connectivity index (χ2n) is 11.1. The maximum absolute atomic E-state index is 14.1. The fourth-order valence-electron chi connectivity index (χ4n) is 7.26. The van der Waals surface area contributed by atoms with Gasteiger partial charge >= 0.3 is 0 Å². The van der Waals surface area contributed by atoms with Crippen molar-refractivity contribution in [3.05, 3.63) is 105 Å². The van der Waals surface area contributed by atoms with Gasteiger partial charge in [-0.3, -0.25) is 24.1 Å². The van der Waals surface area contributed by atoms with Gasteiger partial charge in [0, 0.05) is 28.7 Å². The lowest BCUT2D eigenvalue weighted by Gasteiger charge is -2.42. The Morgan fingerprint density at radius 2 is 1.68 bits per heavy atom. The molecule has 0 unspecified atom stereocenters. The first-order valence-electron chi connectivity index (χ1n) is 13.9.